The molecule has 0 saturated heterocycles. The molecular weight excluding hydrogens is 320 g/mol. The van der Waals surface area contributed by atoms with Gasteiger partial charge in [0.05, 0.1) is 16.1 Å². The summed E-state index contributed by atoms with van der Waals surface area (Å²) >= 11 is 3.39. The molecule has 0 amide bonds. The van der Waals surface area contributed by atoms with Crippen molar-refractivity contribution in [1.82, 2.24) is 0 Å². The van der Waals surface area contributed by atoms with Gasteiger partial charge in [0, 0.05) is 10.5 Å². The van der Waals surface area contributed by atoms with Crippen molar-refractivity contribution in [3.8, 4) is 6.07 Å². The van der Waals surface area contributed by atoms with Crippen LogP contribution in [0, 0.1) is 21.4 Å². The second kappa shape index (κ2) is 6.13. The van der Waals surface area contributed by atoms with Gasteiger partial charge in [0.15, 0.2) is 0 Å². The number of para-hydroxylation sites is 1. The van der Waals surface area contributed by atoms with Gasteiger partial charge in [-0.1, -0.05) is 46.3 Å². The highest BCUT2D eigenvalue weighted by Crippen LogP contribution is 2.28. The molecule has 0 N–H and O–H groups in total. The van der Waals surface area contributed by atoms with Crippen molar-refractivity contribution < 1.29 is 4.92 Å². The van der Waals surface area contributed by atoms with E-state index in [1.807, 2.05) is 30.3 Å². The molecular formula is C15H9BrN2O2. The van der Waals surface area contributed by atoms with Gasteiger partial charge < -0.3 is 0 Å². The molecule has 0 aliphatic rings. The van der Waals surface area contributed by atoms with Crippen LogP contribution in [0.1, 0.15) is 11.1 Å². The number of nitro groups is 1. The van der Waals surface area contributed by atoms with Crippen LogP contribution in [0.3, 0.4) is 0 Å². The van der Waals surface area contributed by atoms with Gasteiger partial charge in [0.25, 0.3) is 5.69 Å². The minimum atomic E-state index is -0.486. The third kappa shape index (κ3) is 2.92. The second-order valence-electron chi connectivity index (χ2n) is 3.97. The molecule has 0 aliphatic heterocycles. The maximum absolute atomic E-state index is 11.0. The Bertz CT molecular complexity index is 733. The monoisotopic (exact) mass is 328 g/mol. The number of benzene rings is 2. The Morgan fingerprint density at radius 3 is 2.50 bits per heavy atom. The summed E-state index contributed by atoms with van der Waals surface area (Å²) in [4.78, 5) is 10.5. The first-order valence-corrected chi connectivity index (χ1v) is 6.53. The molecule has 5 heteroatoms. The van der Waals surface area contributed by atoms with Crippen molar-refractivity contribution in [2.24, 2.45) is 0 Å². The van der Waals surface area contributed by atoms with Gasteiger partial charge in [0.1, 0.15) is 6.07 Å². The number of allylic oxidation sites excluding steroid dienone is 1. The topological polar surface area (TPSA) is 66.9 Å². The van der Waals surface area contributed by atoms with Crippen molar-refractivity contribution in [2.75, 3.05) is 0 Å². The van der Waals surface area contributed by atoms with E-state index in [-0.39, 0.29) is 11.3 Å². The molecule has 0 atom stereocenters. The molecule has 20 heavy (non-hydrogen) atoms. The summed E-state index contributed by atoms with van der Waals surface area (Å²) in [5.41, 5.74) is 1.29. The van der Waals surface area contributed by atoms with Gasteiger partial charge in [-0.05, 0) is 23.8 Å². The van der Waals surface area contributed by atoms with Crippen LogP contribution in [0.5, 0.6) is 0 Å². The van der Waals surface area contributed by atoms with E-state index in [2.05, 4.69) is 15.9 Å². The summed E-state index contributed by atoms with van der Waals surface area (Å²) in [7, 11) is 0. The maximum Gasteiger partial charge on any atom is 0.277 e. The molecule has 0 spiro atoms. The molecule has 2 aromatic rings. The zero-order valence-corrected chi connectivity index (χ0v) is 11.9. The first-order valence-electron chi connectivity index (χ1n) is 5.73. The van der Waals surface area contributed by atoms with E-state index in [9.17, 15) is 15.4 Å². The van der Waals surface area contributed by atoms with E-state index in [1.54, 1.807) is 24.3 Å². The summed E-state index contributed by atoms with van der Waals surface area (Å²) in [5, 5.41) is 20.3. The lowest BCUT2D eigenvalue weighted by molar-refractivity contribution is -0.385. The quantitative estimate of drug-likeness (QED) is 0.362. The van der Waals surface area contributed by atoms with Gasteiger partial charge >= 0.3 is 0 Å². The standard InChI is InChI=1S/C15H9BrN2O2/c16-14-7-3-1-5-11(14)9-12(10-17)13-6-2-4-8-15(13)18(19)20/h1-9H/b12-9-. The van der Waals surface area contributed by atoms with Gasteiger partial charge in [-0.3, -0.25) is 10.1 Å². The lowest BCUT2D eigenvalue weighted by atomic mass is 10.0. The zero-order valence-electron chi connectivity index (χ0n) is 10.3. The van der Waals surface area contributed by atoms with Gasteiger partial charge in [-0.25, -0.2) is 0 Å². The smallest absolute Gasteiger partial charge is 0.258 e. The highest BCUT2D eigenvalue weighted by molar-refractivity contribution is 9.10. The Morgan fingerprint density at radius 2 is 1.85 bits per heavy atom. The first-order chi connectivity index (χ1) is 9.63. The number of nitro benzene ring substituents is 1. The van der Waals surface area contributed by atoms with E-state index >= 15 is 0 Å². The molecule has 0 bridgehead atoms. The maximum atomic E-state index is 11.0. The van der Waals surface area contributed by atoms with Crippen LogP contribution in [0.4, 0.5) is 5.69 Å². The van der Waals surface area contributed by atoms with Crippen molar-refractivity contribution in [2.45, 2.75) is 0 Å². The minimum absolute atomic E-state index is 0.0765. The van der Waals surface area contributed by atoms with Gasteiger partial charge in [0.2, 0.25) is 0 Å². The normalized spacial score (nSPS) is 10.9. The van der Waals surface area contributed by atoms with Crippen LogP contribution in [0.15, 0.2) is 53.0 Å². The van der Waals surface area contributed by atoms with Crippen LogP contribution in [-0.2, 0) is 0 Å². The van der Waals surface area contributed by atoms with Gasteiger partial charge in [-0.2, -0.15) is 5.26 Å². The number of nitriles is 1. The van der Waals surface area contributed by atoms with Crippen molar-refractivity contribution >= 4 is 33.3 Å². The highest BCUT2D eigenvalue weighted by atomic mass is 79.9. The Hall–Kier alpha value is -2.45. The van der Waals surface area contributed by atoms with Crippen LogP contribution in [-0.4, -0.2) is 4.92 Å². The van der Waals surface area contributed by atoms with E-state index < -0.39 is 4.92 Å². The van der Waals surface area contributed by atoms with Crippen LogP contribution in [0.2, 0.25) is 0 Å². The summed E-state index contributed by atoms with van der Waals surface area (Å²) in [5.74, 6) is 0. The molecule has 98 valence electrons. The lowest BCUT2D eigenvalue weighted by Gasteiger charge is -2.02. The molecule has 0 radical (unpaired) electrons. The van der Waals surface area contributed by atoms with E-state index in [1.165, 1.54) is 6.07 Å². The Kier molecular flexibility index (Phi) is 4.28. The largest absolute Gasteiger partial charge is 0.277 e. The molecule has 0 fully saturated rings. The van der Waals surface area contributed by atoms with Crippen LogP contribution in [0.25, 0.3) is 11.6 Å². The number of hydrogen-bond donors (Lipinski definition) is 0. The van der Waals surface area contributed by atoms with Gasteiger partial charge in [-0.15, -0.1) is 0 Å². The van der Waals surface area contributed by atoms with E-state index in [0.717, 1.165) is 10.0 Å². The lowest BCUT2D eigenvalue weighted by Crippen LogP contribution is -1.94. The fraction of sp³-hybridized carbons (Fsp3) is 0. The summed E-state index contributed by atoms with van der Waals surface area (Å²) < 4.78 is 0.825. The summed E-state index contributed by atoms with van der Waals surface area (Å²) in [6.07, 6.45) is 1.63. The third-order valence-corrected chi connectivity index (χ3v) is 3.44. The predicted octanol–water partition coefficient (Wildman–Crippen LogP) is 4.42. The van der Waals surface area contributed by atoms with Crippen molar-refractivity contribution in [1.29, 1.82) is 5.26 Å². The van der Waals surface area contributed by atoms with Crippen LogP contribution >= 0.6 is 15.9 Å². The number of halogens is 1. The van der Waals surface area contributed by atoms with E-state index in [0.29, 0.717) is 5.56 Å². The number of nitrogens with zero attached hydrogens (tertiary/aromatic N) is 2. The molecule has 2 aromatic carbocycles. The fourth-order valence-electron chi connectivity index (χ4n) is 1.78. The molecule has 4 nitrogen and oxygen atoms in total. The SMILES string of the molecule is N#C/C(=C/c1ccccc1Br)c1ccccc1[N+](=O)[O-]. The van der Waals surface area contributed by atoms with Crippen LogP contribution < -0.4 is 0 Å². The first kappa shape index (κ1) is 14.0. The number of rotatable bonds is 3. The molecule has 0 aliphatic carbocycles. The fourth-order valence-corrected chi connectivity index (χ4v) is 2.18. The van der Waals surface area contributed by atoms with Crippen molar-refractivity contribution in [3.63, 3.8) is 0 Å². The summed E-state index contributed by atoms with van der Waals surface area (Å²) in [6.45, 7) is 0. The second-order valence-corrected chi connectivity index (χ2v) is 4.82. The third-order valence-electron chi connectivity index (χ3n) is 2.72. The Balaban J connectivity index is 2.58. The Morgan fingerprint density at radius 1 is 1.20 bits per heavy atom. The molecule has 0 unspecified atom stereocenters. The molecule has 0 aromatic heterocycles. The molecule has 0 heterocycles. The average molecular weight is 329 g/mol. The van der Waals surface area contributed by atoms with Crippen molar-refractivity contribution in [3.05, 3.63) is 74.2 Å². The summed E-state index contributed by atoms with van der Waals surface area (Å²) in [6, 6.07) is 15.6. The number of hydrogen-bond acceptors (Lipinski definition) is 3. The minimum Gasteiger partial charge on any atom is -0.258 e. The Labute approximate surface area is 124 Å². The molecule has 0 saturated carbocycles. The zero-order chi connectivity index (χ0) is 14.5. The molecule has 2 rings (SSSR count). The average Bonchev–Trinajstić information content (AvgIpc) is 2.46. The highest BCUT2D eigenvalue weighted by Gasteiger charge is 2.16. The van der Waals surface area contributed by atoms with E-state index in [4.69, 9.17) is 0 Å². The predicted molar refractivity (Wildman–Crippen MR) is 80.7 cm³/mol.